The first kappa shape index (κ1) is 12.2. The van der Waals surface area contributed by atoms with Gasteiger partial charge in [0, 0.05) is 25.2 Å². The largest absolute Gasteiger partial charge is 0.493 e. The van der Waals surface area contributed by atoms with Crippen LogP contribution in [0, 0.1) is 5.41 Å². The Bertz CT molecular complexity index is 547. The van der Waals surface area contributed by atoms with Gasteiger partial charge in [0.2, 0.25) is 0 Å². The maximum absolute atomic E-state index is 7.36. The molecule has 5 nitrogen and oxygen atoms in total. The fourth-order valence-electron chi connectivity index (χ4n) is 1.64. The highest BCUT2D eigenvalue weighted by atomic mass is 16.5. The highest BCUT2D eigenvalue weighted by Crippen LogP contribution is 2.13. The van der Waals surface area contributed by atoms with Gasteiger partial charge in [0.25, 0.3) is 0 Å². The van der Waals surface area contributed by atoms with Gasteiger partial charge in [-0.15, -0.1) is 0 Å². The fourth-order valence-corrected chi connectivity index (χ4v) is 1.64. The molecule has 0 fully saturated rings. The Labute approximate surface area is 106 Å². The Kier molecular flexibility index (Phi) is 3.62. The summed E-state index contributed by atoms with van der Waals surface area (Å²) >= 11 is 0. The van der Waals surface area contributed by atoms with Crippen LogP contribution in [0.15, 0.2) is 36.7 Å². The maximum atomic E-state index is 7.36. The lowest BCUT2D eigenvalue weighted by atomic mass is 10.2. The minimum atomic E-state index is 0.0488. The van der Waals surface area contributed by atoms with Gasteiger partial charge in [0.1, 0.15) is 11.6 Å². The van der Waals surface area contributed by atoms with Crippen molar-refractivity contribution in [1.29, 1.82) is 5.41 Å². The number of nitrogens with zero attached hydrogens (tertiary/aromatic N) is 2. The van der Waals surface area contributed by atoms with Crippen molar-refractivity contribution in [2.45, 2.75) is 6.42 Å². The van der Waals surface area contributed by atoms with Crippen LogP contribution in [0.3, 0.4) is 0 Å². The van der Waals surface area contributed by atoms with E-state index >= 15 is 0 Å². The number of aromatic nitrogens is 2. The molecular weight excluding hydrogens is 228 g/mol. The second kappa shape index (κ2) is 5.35. The normalized spacial score (nSPS) is 10.3. The third kappa shape index (κ3) is 3.10. The molecule has 18 heavy (non-hydrogen) atoms. The van der Waals surface area contributed by atoms with Crippen molar-refractivity contribution in [3.8, 4) is 5.75 Å². The SMILES string of the molecule is Cn1cc(CCOc2cccc(C(=N)N)c2)cn1. The quantitative estimate of drug-likeness (QED) is 0.615. The third-order valence-electron chi connectivity index (χ3n) is 2.56. The molecule has 2 aromatic rings. The van der Waals surface area contributed by atoms with E-state index in [1.165, 1.54) is 0 Å². The van der Waals surface area contributed by atoms with Crippen molar-refractivity contribution in [1.82, 2.24) is 9.78 Å². The molecule has 0 aliphatic rings. The third-order valence-corrected chi connectivity index (χ3v) is 2.56. The number of hydrogen-bond donors (Lipinski definition) is 2. The van der Waals surface area contributed by atoms with Crippen molar-refractivity contribution in [2.75, 3.05) is 6.61 Å². The number of nitrogens with one attached hydrogen (secondary N) is 1. The molecule has 94 valence electrons. The van der Waals surface area contributed by atoms with E-state index in [-0.39, 0.29) is 5.84 Å². The second-order valence-corrected chi connectivity index (χ2v) is 4.06. The molecule has 0 aliphatic carbocycles. The predicted octanol–water partition coefficient (Wildman–Crippen LogP) is 1.33. The van der Waals surface area contributed by atoms with Crippen LogP contribution >= 0.6 is 0 Å². The van der Waals surface area contributed by atoms with E-state index in [1.807, 2.05) is 31.6 Å². The molecule has 5 heteroatoms. The van der Waals surface area contributed by atoms with Gasteiger partial charge < -0.3 is 10.5 Å². The number of nitrogens with two attached hydrogens (primary N) is 1. The summed E-state index contributed by atoms with van der Waals surface area (Å²) in [7, 11) is 1.89. The van der Waals surface area contributed by atoms with E-state index in [4.69, 9.17) is 15.9 Å². The minimum absolute atomic E-state index is 0.0488. The molecule has 0 saturated carbocycles. The van der Waals surface area contributed by atoms with Crippen LogP contribution in [-0.2, 0) is 13.5 Å². The number of hydrogen-bond acceptors (Lipinski definition) is 3. The predicted molar refractivity (Wildman–Crippen MR) is 69.9 cm³/mol. The van der Waals surface area contributed by atoms with Crippen molar-refractivity contribution < 1.29 is 4.74 Å². The van der Waals surface area contributed by atoms with Crippen LogP contribution in [0.2, 0.25) is 0 Å². The average molecular weight is 244 g/mol. The van der Waals surface area contributed by atoms with Crippen molar-refractivity contribution in [3.05, 3.63) is 47.8 Å². The summed E-state index contributed by atoms with van der Waals surface area (Å²) in [4.78, 5) is 0. The Morgan fingerprint density at radius 2 is 2.33 bits per heavy atom. The summed E-state index contributed by atoms with van der Waals surface area (Å²) < 4.78 is 7.39. The molecule has 0 bridgehead atoms. The number of benzene rings is 1. The molecule has 2 rings (SSSR count). The topological polar surface area (TPSA) is 76.9 Å². The maximum Gasteiger partial charge on any atom is 0.122 e. The van der Waals surface area contributed by atoms with Gasteiger partial charge in [0.15, 0.2) is 0 Å². The van der Waals surface area contributed by atoms with Crippen LogP contribution in [0.1, 0.15) is 11.1 Å². The summed E-state index contributed by atoms with van der Waals surface area (Å²) in [6, 6.07) is 7.24. The molecular formula is C13H16N4O. The average Bonchev–Trinajstić information content (AvgIpc) is 2.75. The summed E-state index contributed by atoms with van der Waals surface area (Å²) in [6.45, 7) is 0.576. The number of rotatable bonds is 5. The number of amidine groups is 1. The van der Waals surface area contributed by atoms with Crippen LogP contribution < -0.4 is 10.5 Å². The molecule has 1 heterocycles. The molecule has 0 radical (unpaired) electrons. The van der Waals surface area contributed by atoms with E-state index in [0.29, 0.717) is 12.2 Å². The first-order valence-electron chi connectivity index (χ1n) is 5.70. The molecule has 0 atom stereocenters. The van der Waals surface area contributed by atoms with Crippen molar-refractivity contribution in [3.63, 3.8) is 0 Å². The first-order chi connectivity index (χ1) is 8.65. The first-order valence-corrected chi connectivity index (χ1v) is 5.70. The Hall–Kier alpha value is -2.30. The Morgan fingerprint density at radius 3 is 3.00 bits per heavy atom. The van der Waals surface area contributed by atoms with E-state index in [2.05, 4.69) is 5.10 Å². The lowest BCUT2D eigenvalue weighted by Crippen LogP contribution is -2.11. The molecule has 0 spiro atoms. The van der Waals surface area contributed by atoms with Gasteiger partial charge in [-0.25, -0.2) is 0 Å². The van der Waals surface area contributed by atoms with Crippen LogP contribution in [0.4, 0.5) is 0 Å². The smallest absolute Gasteiger partial charge is 0.122 e. The van der Waals surface area contributed by atoms with Crippen LogP contribution in [0.25, 0.3) is 0 Å². The zero-order valence-electron chi connectivity index (χ0n) is 10.3. The van der Waals surface area contributed by atoms with Crippen molar-refractivity contribution in [2.24, 2.45) is 12.8 Å². The van der Waals surface area contributed by atoms with Crippen LogP contribution in [-0.4, -0.2) is 22.2 Å². The standard InChI is InChI=1S/C13H16N4O/c1-17-9-10(8-16-17)5-6-18-12-4-2-3-11(7-12)13(14)15/h2-4,7-9H,5-6H2,1H3,(H3,14,15). The highest BCUT2D eigenvalue weighted by molar-refractivity contribution is 5.95. The molecule has 0 unspecified atom stereocenters. The van der Waals surface area contributed by atoms with Gasteiger partial charge in [-0.05, 0) is 17.7 Å². The summed E-state index contributed by atoms with van der Waals surface area (Å²) in [6.07, 6.45) is 4.60. The summed E-state index contributed by atoms with van der Waals surface area (Å²) in [5, 5.41) is 11.5. The molecule has 1 aromatic heterocycles. The van der Waals surface area contributed by atoms with Gasteiger partial charge in [0.05, 0.1) is 12.8 Å². The van der Waals surface area contributed by atoms with Gasteiger partial charge in [-0.1, -0.05) is 12.1 Å². The number of nitrogen functional groups attached to an aromatic ring is 1. The second-order valence-electron chi connectivity index (χ2n) is 4.06. The van der Waals surface area contributed by atoms with E-state index in [9.17, 15) is 0 Å². The van der Waals surface area contributed by atoms with Crippen molar-refractivity contribution >= 4 is 5.84 Å². The van der Waals surface area contributed by atoms with Crippen LogP contribution in [0.5, 0.6) is 5.75 Å². The minimum Gasteiger partial charge on any atom is -0.493 e. The number of ether oxygens (including phenoxy) is 1. The zero-order chi connectivity index (χ0) is 13.0. The van der Waals surface area contributed by atoms with E-state index < -0.39 is 0 Å². The fraction of sp³-hybridized carbons (Fsp3) is 0.231. The van der Waals surface area contributed by atoms with Gasteiger partial charge in [-0.3, -0.25) is 10.1 Å². The van der Waals surface area contributed by atoms with Gasteiger partial charge in [-0.2, -0.15) is 5.10 Å². The zero-order valence-corrected chi connectivity index (χ0v) is 10.3. The molecule has 0 saturated heterocycles. The molecule has 3 N–H and O–H groups in total. The van der Waals surface area contributed by atoms with E-state index in [0.717, 1.165) is 17.7 Å². The Balaban J connectivity index is 1.90. The summed E-state index contributed by atoms with van der Waals surface area (Å²) in [5.74, 6) is 0.777. The molecule has 0 aliphatic heterocycles. The summed E-state index contributed by atoms with van der Waals surface area (Å²) in [5.41, 5.74) is 7.24. The lowest BCUT2D eigenvalue weighted by molar-refractivity contribution is 0.322. The van der Waals surface area contributed by atoms with E-state index in [1.54, 1.807) is 16.8 Å². The lowest BCUT2D eigenvalue weighted by Gasteiger charge is -2.06. The molecule has 1 aromatic carbocycles. The monoisotopic (exact) mass is 244 g/mol. The molecule has 0 amide bonds. The highest BCUT2D eigenvalue weighted by Gasteiger charge is 2.00. The number of aryl methyl sites for hydroxylation is 1. The van der Waals surface area contributed by atoms with Gasteiger partial charge >= 0.3 is 0 Å². The Morgan fingerprint density at radius 1 is 1.50 bits per heavy atom.